The van der Waals surface area contributed by atoms with Crippen molar-refractivity contribution in [3.8, 4) is 6.07 Å². The molecule has 24 heavy (non-hydrogen) atoms. The van der Waals surface area contributed by atoms with E-state index < -0.39 is 0 Å². The maximum Gasteiger partial charge on any atom is 0.293 e. The van der Waals surface area contributed by atoms with E-state index in [0.29, 0.717) is 0 Å². The van der Waals surface area contributed by atoms with E-state index in [2.05, 4.69) is 36.7 Å². The van der Waals surface area contributed by atoms with Crippen LogP contribution in [0.25, 0.3) is 0 Å². The van der Waals surface area contributed by atoms with Crippen LogP contribution in [0.1, 0.15) is 56.0 Å². The van der Waals surface area contributed by atoms with Gasteiger partial charge in [0, 0.05) is 22.5 Å². The molecule has 2 aliphatic rings. The highest BCUT2D eigenvalue weighted by molar-refractivity contribution is 7.99. The van der Waals surface area contributed by atoms with E-state index in [1.54, 1.807) is 0 Å². The van der Waals surface area contributed by atoms with Crippen LogP contribution in [0.3, 0.4) is 0 Å². The first-order valence-corrected chi connectivity index (χ1v) is 10.0. The molecule has 3 rings (SSSR count). The van der Waals surface area contributed by atoms with Crippen LogP contribution in [0.2, 0.25) is 0 Å². The summed E-state index contributed by atoms with van der Waals surface area (Å²) >= 11 is 2.01. The number of morpholine rings is 1. The van der Waals surface area contributed by atoms with Gasteiger partial charge in [-0.05, 0) is 18.4 Å². The first-order chi connectivity index (χ1) is 11.6. The van der Waals surface area contributed by atoms with Crippen LogP contribution in [-0.2, 0) is 23.3 Å². The van der Waals surface area contributed by atoms with Crippen LogP contribution in [0.15, 0.2) is 0 Å². The van der Waals surface area contributed by atoms with Crippen molar-refractivity contribution in [2.75, 3.05) is 31.2 Å². The number of aryl methyl sites for hydroxylation is 1. The number of hydrogen-bond donors (Lipinski definition) is 0. The molecule has 4 nitrogen and oxygen atoms in total. The Morgan fingerprint density at radius 2 is 2.04 bits per heavy atom. The summed E-state index contributed by atoms with van der Waals surface area (Å²) in [5.74, 6) is 2.03. The van der Waals surface area contributed by atoms with Gasteiger partial charge in [-0.15, -0.1) is 0 Å². The highest BCUT2D eigenvalue weighted by atomic mass is 32.2. The van der Waals surface area contributed by atoms with Crippen LogP contribution in [0.5, 0.6) is 0 Å². The van der Waals surface area contributed by atoms with Crippen molar-refractivity contribution in [2.24, 2.45) is 0 Å². The first kappa shape index (κ1) is 17.6. The fourth-order valence-corrected chi connectivity index (χ4v) is 4.71. The number of rotatable bonds is 4. The Balaban J connectivity index is 2.09. The van der Waals surface area contributed by atoms with Crippen molar-refractivity contribution in [3.05, 3.63) is 22.4 Å². The molecule has 0 aliphatic carbocycles. The van der Waals surface area contributed by atoms with E-state index in [1.165, 1.54) is 29.7 Å². The van der Waals surface area contributed by atoms with Gasteiger partial charge in [0.2, 0.25) is 0 Å². The molecule has 1 saturated heterocycles. The summed E-state index contributed by atoms with van der Waals surface area (Å²) in [5, 5.41) is 9.91. The highest BCUT2D eigenvalue weighted by Crippen LogP contribution is 2.41. The number of ether oxygens (including phenoxy) is 1. The predicted molar refractivity (Wildman–Crippen MR) is 98.4 cm³/mol. The number of unbranched alkanes of at least 4 members (excludes halogenated alkanes) is 1. The molecule has 0 atom stereocenters. The highest BCUT2D eigenvalue weighted by Gasteiger charge is 2.35. The number of aromatic amines is 1. The SMILES string of the molecule is CCCCc1[nH+]c(N2CCOCC2)c(C#N)c2c1CSC(C)(C)C2. The van der Waals surface area contributed by atoms with Gasteiger partial charge in [-0.25, -0.2) is 4.98 Å². The molecule has 0 saturated carbocycles. The van der Waals surface area contributed by atoms with Crippen LogP contribution < -0.4 is 9.88 Å². The summed E-state index contributed by atoms with van der Waals surface area (Å²) in [6.07, 6.45) is 4.42. The third-order valence-electron chi connectivity index (χ3n) is 4.97. The van der Waals surface area contributed by atoms with Gasteiger partial charge in [0.15, 0.2) is 0 Å². The van der Waals surface area contributed by atoms with Gasteiger partial charge in [-0.3, -0.25) is 4.90 Å². The van der Waals surface area contributed by atoms with E-state index >= 15 is 0 Å². The molecule has 1 N–H and O–H groups in total. The molecule has 0 radical (unpaired) electrons. The van der Waals surface area contributed by atoms with E-state index in [1.807, 2.05) is 11.8 Å². The number of nitrogens with zero attached hydrogens (tertiary/aromatic N) is 2. The zero-order valence-electron chi connectivity index (χ0n) is 15.1. The Morgan fingerprint density at radius 3 is 2.71 bits per heavy atom. The summed E-state index contributed by atoms with van der Waals surface area (Å²) < 4.78 is 5.69. The van der Waals surface area contributed by atoms with Crippen LogP contribution in [0.4, 0.5) is 5.82 Å². The van der Waals surface area contributed by atoms with Crippen LogP contribution in [0, 0.1) is 11.3 Å². The van der Waals surface area contributed by atoms with Gasteiger partial charge in [-0.2, -0.15) is 17.0 Å². The third kappa shape index (κ3) is 3.55. The second-order valence-corrected chi connectivity index (χ2v) is 9.01. The fraction of sp³-hybridized carbons (Fsp3) is 0.684. The number of fused-ring (bicyclic) bond motifs is 1. The monoisotopic (exact) mass is 346 g/mol. The van der Waals surface area contributed by atoms with Gasteiger partial charge < -0.3 is 4.74 Å². The second-order valence-electron chi connectivity index (χ2n) is 7.32. The van der Waals surface area contributed by atoms with Crippen molar-refractivity contribution < 1.29 is 9.72 Å². The number of hydrogen-bond acceptors (Lipinski definition) is 4. The van der Waals surface area contributed by atoms with Crippen LogP contribution >= 0.6 is 11.8 Å². The van der Waals surface area contributed by atoms with Crippen molar-refractivity contribution in [1.82, 2.24) is 0 Å². The lowest BCUT2D eigenvalue weighted by Gasteiger charge is -2.33. The largest absolute Gasteiger partial charge is 0.373 e. The number of aromatic nitrogens is 1. The lowest BCUT2D eigenvalue weighted by atomic mass is 9.91. The van der Waals surface area contributed by atoms with Crippen molar-refractivity contribution in [3.63, 3.8) is 0 Å². The molecular formula is C19H28N3OS+. The van der Waals surface area contributed by atoms with Crippen molar-refractivity contribution in [2.45, 2.75) is 57.0 Å². The molecule has 1 aromatic rings. The number of thioether (sulfide) groups is 1. The molecule has 130 valence electrons. The van der Waals surface area contributed by atoms with Crippen molar-refractivity contribution in [1.29, 1.82) is 5.26 Å². The number of anilines is 1. The summed E-state index contributed by atoms with van der Waals surface area (Å²) in [5.41, 5.74) is 4.88. The number of pyridine rings is 1. The molecule has 1 aromatic heterocycles. The molecule has 1 fully saturated rings. The number of H-pyrrole nitrogens is 1. The molecule has 0 unspecified atom stereocenters. The fourth-order valence-electron chi connectivity index (χ4n) is 3.58. The Kier molecular flexibility index (Phi) is 5.36. The second kappa shape index (κ2) is 7.33. The first-order valence-electron chi connectivity index (χ1n) is 9.02. The zero-order valence-corrected chi connectivity index (χ0v) is 15.9. The van der Waals surface area contributed by atoms with E-state index in [9.17, 15) is 5.26 Å². The van der Waals surface area contributed by atoms with Crippen LogP contribution in [-0.4, -0.2) is 31.1 Å². The number of nitrogens with one attached hydrogen (secondary N) is 1. The molecular weight excluding hydrogens is 318 g/mol. The smallest absolute Gasteiger partial charge is 0.293 e. The van der Waals surface area contributed by atoms with Gasteiger partial charge >= 0.3 is 0 Å². The standard InChI is InChI=1S/C19H27N3OS/c1-4-5-6-17-16-13-24-19(2,3)11-14(16)15(12-20)18(21-17)22-7-9-23-10-8-22/h4-11,13H2,1-3H3/p+1. The van der Waals surface area contributed by atoms with Gasteiger partial charge in [-0.1, -0.05) is 27.2 Å². The van der Waals surface area contributed by atoms with Gasteiger partial charge in [0.1, 0.15) is 30.4 Å². The van der Waals surface area contributed by atoms with Gasteiger partial charge in [0.05, 0.1) is 13.2 Å². The van der Waals surface area contributed by atoms with Crippen molar-refractivity contribution >= 4 is 17.6 Å². The quantitative estimate of drug-likeness (QED) is 0.840. The average molecular weight is 347 g/mol. The Hall–Kier alpha value is -1.25. The minimum Gasteiger partial charge on any atom is -0.373 e. The Morgan fingerprint density at radius 1 is 1.29 bits per heavy atom. The topological polar surface area (TPSA) is 50.4 Å². The molecule has 0 aromatic carbocycles. The molecule has 0 amide bonds. The summed E-state index contributed by atoms with van der Waals surface area (Å²) in [6, 6.07) is 2.52. The molecule has 3 heterocycles. The summed E-state index contributed by atoms with van der Waals surface area (Å²) in [6.45, 7) is 10.0. The predicted octanol–water partition coefficient (Wildman–Crippen LogP) is 3.12. The minimum atomic E-state index is 0.199. The summed E-state index contributed by atoms with van der Waals surface area (Å²) in [7, 11) is 0. The lowest BCUT2D eigenvalue weighted by molar-refractivity contribution is -0.378. The molecule has 0 spiro atoms. The third-order valence-corrected chi connectivity index (χ3v) is 6.32. The Bertz CT molecular complexity index is 645. The normalized spacial score (nSPS) is 19.7. The molecule has 0 bridgehead atoms. The summed E-state index contributed by atoms with van der Waals surface area (Å²) in [4.78, 5) is 5.96. The molecule has 5 heteroatoms. The molecule has 2 aliphatic heterocycles. The maximum absolute atomic E-state index is 9.91. The van der Waals surface area contributed by atoms with E-state index in [-0.39, 0.29) is 4.75 Å². The van der Waals surface area contributed by atoms with E-state index in [0.717, 1.165) is 56.3 Å². The Labute approximate surface area is 149 Å². The number of nitriles is 1. The van der Waals surface area contributed by atoms with Gasteiger partial charge in [0.25, 0.3) is 5.82 Å². The zero-order chi connectivity index (χ0) is 17.2. The lowest BCUT2D eigenvalue weighted by Crippen LogP contribution is -2.42. The minimum absolute atomic E-state index is 0.199. The maximum atomic E-state index is 9.91. The average Bonchev–Trinajstić information content (AvgIpc) is 2.58. The van der Waals surface area contributed by atoms with E-state index in [4.69, 9.17) is 4.74 Å².